The van der Waals surface area contributed by atoms with Crippen LogP contribution in [0.2, 0.25) is 0 Å². The molecule has 94 valence electrons. The summed E-state index contributed by atoms with van der Waals surface area (Å²) in [5.41, 5.74) is 0.510. The van der Waals surface area contributed by atoms with Crippen molar-refractivity contribution in [3.63, 3.8) is 0 Å². The van der Waals surface area contributed by atoms with Crippen LogP contribution in [0.4, 0.5) is 0 Å². The summed E-state index contributed by atoms with van der Waals surface area (Å²) >= 11 is 1.53. The first-order chi connectivity index (χ1) is 7.97. The number of carbonyl (C=O) groups excluding carboxylic acids is 1. The molecular weight excluding hydrogens is 234 g/mol. The molecule has 0 fully saturated rings. The van der Waals surface area contributed by atoms with E-state index in [1.165, 1.54) is 11.3 Å². The first-order valence-corrected chi connectivity index (χ1v) is 6.61. The minimum absolute atomic E-state index is 0.123. The van der Waals surface area contributed by atoms with Crippen LogP contribution < -0.4 is 5.32 Å². The molecule has 0 saturated heterocycles. The molecule has 0 radical (unpaired) electrons. The molecule has 0 bridgehead atoms. The molecule has 4 heteroatoms. The Morgan fingerprint density at radius 2 is 2.35 bits per heavy atom. The van der Waals surface area contributed by atoms with Gasteiger partial charge in [-0.2, -0.15) is 11.3 Å². The summed E-state index contributed by atoms with van der Waals surface area (Å²) in [6.45, 7) is 5.68. The number of amides is 1. The molecule has 0 aliphatic carbocycles. The number of rotatable bonds is 5. The van der Waals surface area contributed by atoms with Gasteiger partial charge in [-0.15, -0.1) is 0 Å². The molecule has 0 saturated carbocycles. The molecule has 1 amide bonds. The van der Waals surface area contributed by atoms with Gasteiger partial charge in [-0.05, 0) is 42.7 Å². The van der Waals surface area contributed by atoms with Crippen molar-refractivity contribution in [3.05, 3.63) is 34.0 Å². The van der Waals surface area contributed by atoms with Crippen molar-refractivity contribution in [1.82, 2.24) is 5.32 Å². The second-order valence-electron chi connectivity index (χ2n) is 4.26. The molecule has 1 aromatic rings. The van der Waals surface area contributed by atoms with Crippen LogP contribution in [0.1, 0.15) is 32.8 Å². The molecule has 0 unspecified atom stereocenters. The van der Waals surface area contributed by atoms with Crippen LogP contribution in [0.3, 0.4) is 0 Å². The van der Waals surface area contributed by atoms with Crippen LogP contribution in [-0.4, -0.2) is 17.6 Å². The maximum absolute atomic E-state index is 11.7. The van der Waals surface area contributed by atoms with Crippen molar-refractivity contribution in [2.24, 2.45) is 0 Å². The Morgan fingerprint density at radius 1 is 1.65 bits per heavy atom. The van der Waals surface area contributed by atoms with E-state index >= 15 is 0 Å². The van der Waals surface area contributed by atoms with Crippen molar-refractivity contribution >= 4 is 17.2 Å². The number of hydrogen-bond acceptors (Lipinski definition) is 3. The van der Waals surface area contributed by atoms with Gasteiger partial charge in [0.05, 0.1) is 6.54 Å². The zero-order valence-corrected chi connectivity index (χ0v) is 11.3. The highest BCUT2D eigenvalue weighted by Gasteiger charge is 2.24. The average Bonchev–Trinajstić information content (AvgIpc) is 2.80. The standard InChI is InChI=1S/C13H19NO2S/c1-4-5-10(2)12(15)14-9-13(3,16)11-6-7-17-8-11/h5-8,16H,4,9H2,1-3H3,(H,14,15)/b10-5-/t13-/m1/s1. The summed E-state index contributed by atoms with van der Waals surface area (Å²) in [6, 6.07) is 1.87. The summed E-state index contributed by atoms with van der Waals surface area (Å²) in [4.78, 5) is 11.7. The van der Waals surface area contributed by atoms with E-state index in [-0.39, 0.29) is 12.5 Å². The second kappa shape index (κ2) is 5.98. The fourth-order valence-corrected chi connectivity index (χ4v) is 2.25. The Kier molecular flexibility index (Phi) is 4.90. The first kappa shape index (κ1) is 13.9. The SMILES string of the molecule is CC/C=C(/C)C(=O)NC[C@@](C)(O)c1ccsc1. The largest absolute Gasteiger partial charge is 0.384 e. The smallest absolute Gasteiger partial charge is 0.246 e. The third-order valence-electron chi connectivity index (χ3n) is 2.60. The molecule has 2 N–H and O–H groups in total. The van der Waals surface area contributed by atoms with Crippen LogP contribution in [0.15, 0.2) is 28.5 Å². The monoisotopic (exact) mass is 253 g/mol. The van der Waals surface area contributed by atoms with Gasteiger partial charge in [-0.25, -0.2) is 0 Å². The molecule has 0 spiro atoms. The van der Waals surface area contributed by atoms with E-state index in [9.17, 15) is 9.90 Å². The highest BCUT2D eigenvalue weighted by atomic mass is 32.1. The Morgan fingerprint density at radius 3 is 2.88 bits per heavy atom. The number of thiophene rings is 1. The van der Waals surface area contributed by atoms with Crippen LogP contribution in [0.5, 0.6) is 0 Å². The zero-order chi connectivity index (χ0) is 12.9. The molecule has 3 nitrogen and oxygen atoms in total. The highest BCUT2D eigenvalue weighted by Crippen LogP contribution is 2.22. The van der Waals surface area contributed by atoms with Crippen LogP contribution in [0.25, 0.3) is 0 Å². The van der Waals surface area contributed by atoms with E-state index in [4.69, 9.17) is 0 Å². The summed E-state index contributed by atoms with van der Waals surface area (Å²) in [7, 11) is 0. The van der Waals surface area contributed by atoms with E-state index < -0.39 is 5.60 Å². The quantitative estimate of drug-likeness (QED) is 0.792. The lowest BCUT2D eigenvalue weighted by Gasteiger charge is -2.22. The minimum Gasteiger partial charge on any atom is -0.384 e. The van der Waals surface area contributed by atoms with Gasteiger partial charge < -0.3 is 10.4 Å². The molecular formula is C13H19NO2S. The average molecular weight is 253 g/mol. The molecule has 1 rings (SSSR count). The molecule has 1 aromatic heterocycles. The van der Waals surface area contributed by atoms with E-state index in [2.05, 4.69) is 5.32 Å². The molecule has 1 heterocycles. The Hall–Kier alpha value is -1.13. The van der Waals surface area contributed by atoms with Gasteiger partial charge >= 0.3 is 0 Å². The van der Waals surface area contributed by atoms with Gasteiger partial charge in [0.15, 0.2) is 0 Å². The van der Waals surface area contributed by atoms with Crippen molar-refractivity contribution in [2.75, 3.05) is 6.54 Å². The number of carbonyl (C=O) groups is 1. The van der Waals surface area contributed by atoms with Gasteiger partial charge in [0.25, 0.3) is 0 Å². The summed E-state index contributed by atoms with van der Waals surface area (Å²) < 4.78 is 0. The topological polar surface area (TPSA) is 49.3 Å². The zero-order valence-electron chi connectivity index (χ0n) is 10.5. The van der Waals surface area contributed by atoms with Crippen molar-refractivity contribution < 1.29 is 9.90 Å². The molecule has 17 heavy (non-hydrogen) atoms. The number of nitrogens with one attached hydrogen (secondary N) is 1. The van der Waals surface area contributed by atoms with Crippen molar-refractivity contribution in [2.45, 2.75) is 32.8 Å². The predicted molar refractivity (Wildman–Crippen MR) is 70.9 cm³/mol. The van der Waals surface area contributed by atoms with Crippen molar-refractivity contribution in [1.29, 1.82) is 0 Å². The lowest BCUT2D eigenvalue weighted by molar-refractivity contribution is -0.118. The van der Waals surface area contributed by atoms with E-state index in [0.29, 0.717) is 5.57 Å². The summed E-state index contributed by atoms with van der Waals surface area (Å²) in [5, 5.41) is 16.8. The molecule has 0 aliphatic rings. The number of allylic oxidation sites excluding steroid dienone is 1. The predicted octanol–water partition coefficient (Wildman–Crippen LogP) is 2.43. The fraction of sp³-hybridized carbons (Fsp3) is 0.462. The maximum Gasteiger partial charge on any atom is 0.246 e. The van der Waals surface area contributed by atoms with Crippen LogP contribution in [-0.2, 0) is 10.4 Å². The van der Waals surface area contributed by atoms with E-state index in [0.717, 1.165) is 12.0 Å². The first-order valence-electron chi connectivity index (χ1n) is 5.67. The van der Waals surface area contributed by atoms with Gasteiger partial charge in [-0.3, -0.25) is 4.79 Å². The lowest BCUT2D eigenvalue weighted by atomic mass is 9.99. The van der Waals surface area contributed by atoms with Crippen molar-refractivity contribution in [3.8, 4) is 0 Å². The molecule has 1 atom stereocenters. The van der Waals surface area contributed by atoms with Gasteiger partial charge in [0.2, 0.25) is 5.91 Å². The van der Waals surface area contributed by atoms with Crippen LogP contribution in [0, 0.1) is 0 Å². The molecule has 0 aliphatic heterocycles. The van der Waals surface area contributed by atoms with E-state index in [1.54, 1.807) is 13.8 Å². The highest BCUT2D eigenvalue weighted by molar-refractivity contribution is 7.08. The van der Waals surface area contributed by atoms with Gasteiger partial charge in [0.1, 0.15) is 5.60 Å². The summed E-state index contributed by atoms with van der Waals surface area (Å²) in [5.74, 6) is -0.123. The lowest BCUT2D eigenvalue weighted by Crippen LogP contribution is -2.38. The minimum atomic E-state index is -1.01. The molecule has 0 aromatic carbocycles. The Labute approximate surface area is 106 Å². The summed E-state index contributed by atoms with van der Waals surface area (Å²) in [6.07, 6.45) is 2.70. The second-order valence-corrected chi connectivity index (χ2v) is 5.04. The van der Waals surface area contributed by atoms with E-state index in [1.807, 2.05) is 29.8 Å². The van der Waals surface area contributed by atoms with Gasteiger partial charge in [0, 0.05) is 5.57 Å². The fourth-order valence-electron chi connectivity index (χ4n) is 1.46. The third-order valence-corrected chi connectivity index (χ3v) is 3.29. The van der Waals surface area contributed by atoms with Gasteiger partial charge in [-0.1, -0.05) is 13.0 Å². The maximum atomic E-state index is 11.7. The normalized spacial score (nSPS) is 15.4. The Bertz CT molecular complexity index is 394. The number of aliphatic hydroxyl groups is 1. The Balaban J connectivity index is 2.56. The number of hydrogen-bond donors (Lipinski definition) is 2. The third kappa shape index (κ3) is 3.98. The van der Waals surface area contributed by atoms with Crippen LogP contribution >= 0.6 is 11.3 Å².